The fourth-order valence-electron chi connectivity index (χ4n) is 2.79. The Balaban J connectivity index is 0.000000253. The first-order chi connectivity index (χ1) is 17.1. The Labute approximate surface area is 275 Å². The molecule has 0 amide bonds. The van der Waals surface area contributed by atoms with E-state index in [0.717, 1.165) is 29.3 Å². The monoisotopic (exact) mass is 921 g/mol. The molecule has 0 saturated heterocycles. The van der Waals surface area contributed by atoms with Crippen molar-refractivity contribution in [3.05, 3.63) is 123 Å². The maximum absolute atomic E-state index is 11.8. The summed E-state index contributed by atoms with van der Waals surface area (Å²) >= 11 is 19.9. The predicted octanol–water partition coefficient (Wildman–Crippen LogP) is 9.77. The van der Waals surface area contributed by atoms with Gasteiger partial charge in [-0.2, -0.15) is 0 Å². The van der Waals surface area contributed by atoms with Crippen LogP contribution >= 0.6 is 95.6 Å². The number of Topliss-reactive ketones (excluding diaryl/α,β-unsaturated/α-hetero) is 2. The molecule has 11 heteroatoms. The fraction of sp³-hybridized carbons (Fsp3) is 0. The van der Waals surface area contributed by atoms with Gasteiger partial charge < -0.3 is 10.6 Å². The summed E-state index contributed by atoms with van der Waals surface area (Å²) < 4.78 is 4.84. The normalized spacial score (nSPS) is 17.0. The van der Waals surface area contributed by atoms with Crippen LogP contribution in [0.1, 0.15) is 0 Å². The first-order valence-corrected chi connectivity index (χ1v) is 14.9. The predicted molar refractivity (Wildman–Crippen MR) is 170 cm³/mol. The number of hydrogen-bond donors (Lipinski definition) is 2. The maximum Gasteiger partial charge on any atom is 0.201 e. The van der Waals surface area contributed by atoms with Gasteiger partial charge in [-0.05, 0) is 105 Å². The topological polar surface area (TPSA) is 58.2 Å². The van der Waals surface area contributed by atoms with Gasteiger partial charge in [0, 0.05) is 69.6 Å². The maximum atomic E-state index is 11.8. The van der Waals surface area contributed by atoms with Crippen molar-refractivity contribution in [1.82, 2.24) is 0 Å². The Morgan fingerprint density at radius 3 is 1.16 bits per heavy atom. The van der Waals surface area contributed by atoms with Crippen molar-refractivity contribution >= 4 is 119 Å². The number of hydrogen-bond acceptors (Lipinski definition) is 4. The quantitative estimate of drug-likeness (QED) is 0.300. The second-order valence-electron chi connectivity index (χ2n) is 7.20. The summed E-state index contributed by atoms with van der Waals surface area (Å²) in [7, 11) is 0. The third kappa shape index (κ3) is 10.4. The second kappa shape index (κ2) is 15.7. The summed E-state index contributed by atoms with van der Waals surface area (Å²) in [6.45, 7) is 0. The van der Waals surface area contributed by atoms with Crippen molar-refractivity contribution in [1.29, 1.82) is 0 Å². The number of allylic oxidation sites excluding steroid dienone is 10. The molecule has 0 bridgehead atoms. The van der Waals surface area contributed by atoms with E-state index in [1.807, 2.05) is 48.5 Å². The molecule has 2 aromatic carbocycles. The Kier molecular flexibility index (Phi) is 13.8. The average molecular weight is 927 g/mol. The molecule has 2 aromatic rings. The number of carbonyl (C=O) groups excluding carboxylic acids is 2. The Morgan fingerprint density at radius 1 is 0.514 bits per heavy atom. The van der Waals surface area contributed by atoms with Crippen molar-refractivity contribution < 1.29 is 26.4 Å². The van der Waals surface area contributed by atoms with Gasteiger partial charge in [0.05, 0.1) is 8.96 Å². The summed E-state index contributed by atoms with van der Waals surface area (Å²) in [5, 5.41) is 6.19. The van der Waals surface area contributed by atoms with Crippen LogP contribution in [0.5, 0.6) is 0 Å². The molecule has 2 aliphatic carbocycles. The van der Waals surface area contributed by atoms with Crippen molar-refractivity contribution in [2.75, 3.05) is 10.6 Å². The molecule has 0 fully saturated rings. The molecule has 193 valence electrons. The molecule has 0 saturated carbocycles. The fourth-order valence-corrected chi connectivity index (χ4v) is 5.83. The Morgan fingerprint density at radius 2 is 0.838 bits per heavy atom. The second-order valence-corrected chi connectivity index (χ2v) is 12.6. The van der Waals surface area contributed by atoms with Crippen molar-refractivity contribution in [3.8, 4) is 0 Å². The molecule has 1 radical (unpaired) electrons. The van der Waals surface area contributed by atoms with Crippen LogP contribution in [0.2, 0.25) is 0 Å². The number of nitrogens with one attached hydrogen (secondary N) is 2. The summed E-state index contributed by atoms with van der Waals surface area (Å²) in [6, 6.07) is 15.5. The van der Waals surface area contributed by atoms with Gasteiger partial charge in [0.2, 0.25) is 11.6 Å². The minimum absolute atomic E-state index is 0. The molecule has 0 heterocycles. The minimum atomic E-state index is -0.0391. The summed E-state index contributed by atoms with van der Waals surface area (Å²) in [5.74, 6) is -0.0781. The molecule has 0 aromatic heterocycles. The van der Waals surface area contributed by atoms with Crippen molar-refractivity contribution in [3.63, 3.8) is 0 Å². The smallest absolute Gasteiger partial charge is 0.201 e. The van der Waals surface area contributed by atoms with Gasteiger partial charge in [0.1, 0.15) is 0 Å². The van der Waals surface area contributed by atoms with Crippen molar-refractivity contribution in [2.45, 2.75) is 0 Å². The summed E-state index contributed by atoms with van der Waals surface area (Å²) in [6.07, 6.45) is 10.4. The molecule has 37 heavy (non-hydrogen) atoms. The Hall–Kier alpha value is -0.794. The summed E-state index contributed by atoms with van der Waals surface area (Å²) in [4.78, 5) is 23.7. The van der Waals surface area contributed by atoms with Gasteiger partial charge in [-0.3, -0.25) is 9.59 Å². The van der Waals surface area contributed by atoms with E-state index in [9.17, 15) is 9.59 Å². The van der Waals surface area contributed by atoms with Gasteiger partial charge in [-0.1, -0.05) is 63.7 Å². The van der Waals surface area contributed by atoms with E-state index in [0.29, 0.717) is 20.1 Å². The van der Waals surface area contributed by atoms with E-state index in [1.54, 1.807) is 36.7 Å². The number of ketones is 2. The van der Waals surface area contributed by atoms with Crippen LogP contribution in [0.15, 0.2) is 123 Å². The molecule has 4 nitrogen and oxygen atoms in total. The van der Waals surface area contributed by atoms with E-state index >= 15 is 0 Å². The summed E-state index contributed by atoms with van der Waals surface area (Å²) in [5.41, 5.74) is 3.04. The van der Waals surface area contributed by atoms with Crippen LogP contribution < -0.4 is 10.6 Å². The Bertz CT molecular complexity index is 1250. The third-order valence-electron chi connectivity index (χ3n) is 4.55. The molecular weight excluding hydrogens is 911 g/mol. The zero-order valence-corrected chi connectivity index (χ0v) is 29.1. The minimum Gasteiger partial charge on any atom is -0.361 e. The average Bonchev–Trinajstić information content (AvgIpc) is 2.84. The standard InChI is InChI=1S/2C13H8Br3NO.Co/c2*14-9-1-3-11(4-2-9)17-7-8-5-10(15)6-12(16)13(8)18;/h2*1-7,17H;. The molecule has 0 unspecified atom stereocenters. The number of anilines is 2. The van der Waals surface area contributed by atoms with Crippen molar-refractivity contribution in [2.24, 2.45) is 0 Å². The molecular formula is C26H16Br6CoN2O2. The SMILES string of the molecule is O=C1C(Br)=CC(Br)=CC1=CNc1ccc(Br)cc1.O=C1C(Br)=CC(Br)=CC1=CNc1ccc(Br)cc1.[Co]. The van der Waals surface area contributed by atoms with Crippen LogP contribution in [0, 0.1) is 0 Å². The van der Waals surface area contributed by atoms with E-state index < -0.39 is 0 Å². The number of carbonyl (C=O) groups is 2. The van der Waals surface area contributed by atoms with Crippen LogP contribution in [0.25, 0.3) is 0 Å². The zero-order valence-electron chi connectivity index (χ0n) is 18.5. The molecule has 0 aliphatic heterocycles. The van der Waals surface area contributed by atoms with E-state index in [4.69, 9.17) is 0 Å². The zero-order chi connectivity index (χ0) is 26.2. The van der Waals surface area contributed by atoms with Gasteiger partial charge in [-0.15, -0.1) is 0 Å². The van der Waals surface area contributed by atoms with E-state index in [-0.39, 0.29) is 28.3 Å². The molecule has 0 atom stereocenters. The van der Waals surface area contributed by atoms with Crippen LogP contribution in [0.3, 0.4) is 0 Å². The van der Waals surface area contributed by atoms with Crippen LogP contribution in [-0.2, 0) is 26.4 Å². The first-order valence-electron chi connectivity index (χ1n) is 10.1. The number of rotatable bonds is 4. The number of halogens is 6. The van der Waals surface area contributed by atoms with Gasteiger partial charge >= 0.3 is 0 Å². The number of benzene rings is 2. The largest absolute Gasteiger partial charge is 0.361 e. The first kappa shape index (κ1) is 32.4. The molecule has 2 aliphatic rings. The van der Waals surface area contributed by atoms with Gasteiger partial charge in [0.15, 0.2) is 0 Å². The third-order valence-corrected chi connectivity index (χ3v) is 7.70. The van der Waals surface area contributed by atoms with E-state index in [1.165, 1.54) is 0 Å². The molecule has 0 spiro atoms. The van der Waals surface area contributed by atoms with E-state index in [2.05, 4.69) is 106 Å². The molecule has 2 N–H and O–H groups in total. The van der Waals surface area contributed by atoms with Crippen LogP contribution in [-0.4, -0.2) is 11.6 Å². The van der Waals surface area contributed by atoms with Gasteiger partial charge in [-0.25, -0.2) is 0 Å². The van der Waals surface area contributed by atoms with Gasteiger partial charge in [0.25, 0.3) is 0 Å². The van der Waals surface area contributed by atoms with Crippen LogP contribution in [0.4, 0.5) is 11.4 Å². The molecule has 4 rings (SSSR count).